The van der Waals surface area contributed by atoms with E-state index in [0.29, 0.717) is 11.4 Å². The highest BCUT2D eigenvalue weighted by Crippen LogP contribution is 2.31. The molecule has 0 spiro atoms. The first-order valence-corrected chi connectivity index (χ1v) is 5.44. The van der Waals surface area contributed by atoms with Gasteiger partial charge in [-0.15, -0.1) is 0 Å². The maximum absolute atomic E-state index is 13.4. The molecular weight excluding hydrogens is 193 g/mol. The lowest BCUT2D eigenvalue weighted by Crippen LogP contribution is -2.12. The van der Waals surface area contributed by atoms with Crippen LogP contribution in [0.2, 0.25) is 0 Å². The monoisotopic (exact) mass is 209 g/mol. The predicted molar refractivity (Wildman–Crippen MR) is 58.8 cm³/mol. The van der Waals surface area contributed by atoms with Crippen molar-refractivity contribution < 1.29 is 9.13 Å². The van der Waals surface area contributed by atoms with Crippen LogP contribution in [0.15, 0.2) is 18.2 Å². The second-order valence-electron chi connectivity index (χ2n) is 3.89. The lowest BCUT2D eigenvalue weighted by Gasteiger charge is -2.16. The van der Waals surface area contributed by atoms with Crippen LogP contribution in [0.3, 0.4) is 0 Å². The van der Waals surface area contributed by atoms with Crippen LogP contribution in [0.1, 0.15) is 25.7 Å². The maximum atomic E-state index is 13.4. The third-order valence-electron chi connectivity index (χ3n) is 2.82. The standard InChI is InChI=1S/C12H16FNO/c1-14-12-10(13)7-4-8-11(12)15-9-5-2-3-6-9/h4,7-9,14H,2-3,5-6H2,1H3. The molecule has 0 radical (unpaired) electrons. The van der Waals surface area contributed by atoms with Gasteiger partial charge in [0.2, 0.25) is 0 Å². The summed E-state index contributed by atoms with van der Waals surface area (Å²) in [4.78, 5) is 0. The molecule has 1 aliphatic carbocycles. The molecule has 0 atom stereocenters. The average molecular weight is 209 g/mol. The Morgan fingerprint density at radius 3 is 2.73 bits per heavy atom. The van der Waals surface area contributed by atoms with E-state index in [1.165, 1.54) is 18.9 Å². The van der Waals surface area contributed by atoms with Gasteiger partial charge in [0.25, 0.3) is 0 Å². The van der Waals surface area contributed by atoms with Gasteiger partial charge in [0.1, 0.15) is 17.3 Å². The Labute approximate surface area is 89.4 Å². The predicted octanol–water partition coefficient (Wildman–Crippen LogP) is 3.19. The molecule has 0 heterocycles. The van der Waals surface area contributed by atoms with E-state index in [9.17, 15) is 4.39 Å². The van der Waals surface area contributed by atoms with E-state index in [-0.39, 0.29) is 11.9 Å². The number of hydrogen-bond acceptors (Lipinski definition) is 2. The number of para-hydroxylation sites is 1. The van der Waals surface area contributed by atoms with Crippen molar-refractivity contribution in [2.45, 2.75) is 31.8 Å². The van der Waals surface area contributed by atoms with Gasteiger partial charge in [0.05, 0.1) is 6.10 Å². The first kappa shape index (κ1) is 10.3. The van der Waals surface area contributed by atoms with Crippen molar-refractivity contribution in [2.24, 2.45) is 0 Å². The normalized spacial score (nSPS) is 16.7. The SMILES string of the molecule is CNc1c(F)cccc1OC1CCCC1. The van der Waals surface area contributed by atoms with Crippen LogP contribution in [0.25, 0.3) is 0 Å². The van der Waals surface area contributed by atoms with Gasteiger partial charge < -0.3 is 10.1 Å². The van der Waals surface area contributed by atoms with Gasteiger partial charge in [-0.2, -0.15) is 0 Å². The Morgan fingerprint density at radius 2 is 2.07 bits per heavy atom. The van der Waals surface area contributed by atoms with Gasteiger partial charge in [-0.05, 0) is 37.8 Å². The number of benzene rings is 1. The van der Waals surface area contributed by atoms with Crippen LogP contribution in [0.4, 0.5) is 10.1 Å². The van der Waals surface area contributed by atoms with Crippen LogP contribution in [0, 0.1) is 5.82 Å². The van der Waals surface area contributed by atoms with Crippen LogP contribution >= 0.6 is 0 Å². The van der Waals surface area contributed by atoms with Crippen molar-refractivity contribution in [3.8, 4) is 5.75 Å². The quantitative estimate of drug-likeness (QED) is 0.825. The molecule has 1 N–H and O–H groups in total. The zero-order valence-corrected chi connectivity index (χ0v) is 8.92. The topological polar surface area (TPSA) is 21.3 Å². The van der Waals surface area contributed by atoms with Crippen LogP contribution in [0.5, 0.6) is 5.75 Å². The van der Waals surface area contributed by atoms with Gasteiger partial charge in [-0.1, -0.05) is 6.07 Å². The number of anilines is 1. The first-order valence-electron chi connectivity index (χ1n) is 5.44. The molecular formula is C12H16FNO. The van der Waals surface area contributed by atoms with Crippen LogP contribution in [-0.4, -0.2) is 13.2 Å². The van der Waals surface area contributed by atoms with Gasteiger partial charge >= 0.3 is 0 Å². The molecule has 2 rings (SSSR count). The Balaban J connectivity index is 2.15. The highest BCUT2D eigenvalue weighted by Gasteiger charge is 2.18. The summed E-state index contributed by atoms with van der Waals surface area (Å²) in [5.41, 5.74) is 0.462. The van der Waals surface area contributed by atoms with E-state index in [1.54, 1.807) is 13.1 Å². The minimum Gasteiger partial charge on any atom is -0.488 e. The van der Waals surface area contributed by atoms with E-state index in [0.717, 1.165) is 12.8 Å². The van der Waals surface area contributed by atoms with Crippen molar-refractivity contribution in [2.75, 3.05) is 12.4 Å². The van der Waals surface area contributed by atoms with Crippen molar-refractivity contribution in [1.82, 2.24) is 0 Å². The van der Waals surface area contributed by atoms with E-state index >= 15 is 0 Å². The Bertz CT molecular complexity index is 334. The summed E-state index contributed by atoms with van der Waals surface area (Å²) < 4.78 is 19.2. The molecule has 0 bridgehead atoms. The van der Waals surface area contributed by atoms with E-state index in [2.05, 4.69) is 5.32 Å². The van der Waals surface area contributed by atoms with Crippen LogP contribution < -0.4 is 10.1 Å². The molecule has 0 unspecified atom stereocenters. The van der Waals surface area contributed by atoms with E-state index in [1.807, 2.05) is 6.07 Å². The summed E-state index contributed by atoms with van der Waals surface area (Å²) in [6, 6.07) is 4.93. The Morgan fingerprint density at radius 1 is 1.33 bits per heavy atom. The summed E-state index contributed by atoms with van der Waals surface area (Å²) in [5.74, 6) is 0.373. The molecule has 2 nitrogen and oxygen atoms in total. The fourth-order valence-corrected chi connectivity index (χ4v) is 2.03. The minimum atomic E-state index is -0.256. The second-order valence-corrected chi connectivity index (χ2v) is 3.89. The molecule has 0 aliphatic heterocycles. The molecule has 0 amide bonds. The number of halogens is 1. The zero-order valence-electron chi connectivity index (χ0n) is 8.92. The summed E-state index contributed by atoms with van der Waals surface area (Å²) in [5, 5.41) is 2.84. The third-order valence-corrected chi connectivity index (χ3v) is 2.82. The summed E-state index contributed by atoms with van der Waals surface area (Å²) in [6.07, 6.45) is 4.86. The molecule has 3 heteroatoms. The van der Waals surface area contributed by atoms with Crippen molar-refractivity contribution in [3.05, 3.63) is 24.0 Å². The van der Waals surface area contributed by atoms with Crippen molar-refractivity contribution in [1.29, 1.82) is 0 Å². The molecule has 1 aromatic carbocycles. The van der Waals surface area contributed by atoms with Gasteiger partial charge in [-0.25, -0.2) is 4.39 Å². The van der Waals surface area contributed by atoms with E-state index in [4.69, 9.17) is 4.74 Å². The molecule has 1 saturated carbocycles. The Kier molecular flexibility index (Phi) is 3.09. The molecule has 1 aliphatic rings. The third kappa shape index (κ3) is 2.22. The van der Waals surface area contributed by atoms with Gasteiger partial charge in [0, 0.05) is 7.05 Å². The highest BCUT2D eigenvalue weighted by molar-refractivity contribution is 5.56. The van der Waals surface area contributed by atoms with Crippen molar-refractivity contribution >= 4 is 5.69 Å². The molecule has 0 saturated heterocycles. The molecule has 1 fully saturated rings. The first-order chi connectivity index (χ1) is 7.31. The van der Waals surface area contributed by atoms with E-state index < -0.39 is 0 Å². The smallest absolute Gasteiger partial charge is 0.150 e. The minimum absolute atomic E-state index is 0.256. The molecule has 82 valence electrons. The molecule has 1 aromatic rings. The number of ether oxygens (including phenoxy) is 1. The van der Waals surface area contributed by atoms with Gasteiger partial charge in [0.15, 0.2) is 0 Å². The largest absolute Gasteiger partial charge is 0.488 e. The average Bonchev–Trinajstić information content (AvgIpc) is 2.71. The van der Waals surface area contributed by atoms with Crippen molar-refractivity contribution in [3.63, 3.8) is 0 Å². The Hall–Kier alpha value is -1.25. The fourth-order valence-electron chi connectivity index (χ4n) is 2.03. The summed E-state index contributed by atoms with van der Waals surface area (Å²) in [6.45, 7) is 0. The summed E-state index contributed by atoms with van der Waals surface area (Å²) >= 11 is 0. The lowest BCUT2D eigenvalue weighted by atomic mass is 10.2. The lowest BCUT2D eigenvalue weighted by molar-refractivity contribution is 0.210. The number of rotatable bonds is 3. The second kappa shape index (κ2) is 4.51. The summed E-state index contributed by atoms with van der Waals surface area (Å²) in [7, 11) is 1.71. The number of hydrogen-bond donors (Lipinski definition) is 1. The van der Waals surface area contributed by atoms with Crippen LogP contribution in [-0.2, 0) is 0 Å². The maximum Gasteiger partial charge on any atom is 0.150 e. The number of nitrogens with one attached hydrogen (secondary N) is 1. The molecule has 15 heavy (non-hydrogen) atoms. The highest BCUT2D eigenvalue weighted by atomic mass is 19.1. The zero-order chi connectivity index (χ0) is 10.7. The van der Waals surface area contributed by atoms with Gasteiger partial charge in [-0.3, -0.25) is 0 Å². The fraction of sp³-hybridized carbons (Fsp3) is 0.500. The molecule has 0 aromatic heterocycles.